The molecule has 0 atom stereocenters. The second kappa shape index (κ2) is 8.27. The summed E-state index contributed by atoms with van der Waals surface area (Å²) >= 11 is 0. The maximum atomic E-state index is 12.9. The van der Waals surface area contributed by atoms with Crippen molar-refractivity contribution in [3.8, 4) is 11.4 Å². The number of nitrogens with zero attached hydrogens (tertiary/aromatic N) is 4. The van der Waals surface area contributed by atoms with Gasteiger partial charge < -0.3 is 14.2 Å². The Morgan fingerprint density at radius 3 is 2.61 bits per heavy atom. The van der Waals surface area contributed by atoms with E-state index in [9.17, 15) is 14.9 Å². The zero-order chi connectivity index (χ0) is 22.0. The van der Waals surface area contributed by atoms with E-state index < -0.39 is 4.92 Å². The predicted octanol–water partition coefficient (Wildman–Crippen LogP) is 4.21. The van der Waals surface area contributed by atoms with Gasteiger partial charge in [-0.05, 0) is 46.7 Å². The highest BCUT2D eigenvalue weighted by atomic mass is 16.6. The molecule has 0 unspecified atom stereocenters. The lowest BCUT2D eigenvalue weighted by Crippen LogP contribution is -2.26. The quantitative estimate of drug-likeness (QED) is 0.347. The van der Waals surface area contributed by atoms with Crippen molar-refractivity contribution in [2.75, 3.05) is 14.2 Å². The molecule has 4 rings (SSSR count). The molecule has 8 heteroatoms. The Hall–Kier alpha value is -4.20. The molecular formula is C23H20N4O4. The number of hydrogen-bond acceptors (Lipinski definition) is 5. The number of imidazole rings is 1. The molecule has 0 N–H and O–H groups in total. The highest BCUT2D eigenvalue weighted by Gasteiger charge is 2.20. The normalized spacial score (nSPS) is 10.8. The number of nitro benzene ring substituents is 1. The second-order valence-corrected chi connectivity index (χ2v) is 7.14. The van der Waals surface area contributed by atoms with Gasteiger partial charge in [0.1, 0.15) is 11.4 Å². The maximum absolute atomic E-state index is 12.9. The summed E-state index contributed by atoms with van der Waals surface area (Å²) in [7, 11) is 3.30. The molecule has 0 spiro atoms. The van der Waals surface area contributed by atoms with Crippen LogP contribution in [-0.4, -0.2) is 39.4 Å². The molecule has 1 aromatic heterocycles. The Labute approximate surface area is 178 Å². The smallest absolute Gasteiger partial charge is 0.294 e. The number of rotatable bonds is 6. The first-order valence-electron chi connectivity index (χ1n) is 9.55. The van der Waals surface area contributed by atoms with E-state index in [1.165, 1.54) is 18.6 Å². The molecule has 0 fully saturated rings. The van der Waals surface area contributed by atoms with Crippen molar-refractivity contribution in [2.24, 2.45) is 0 Å². The molecule has 8 nitrogen and oxygen atoms in total. The first-order chi connectivity index (χ1) is 15.0. The zero-order valence-electron chi connectivity index (χ0n) is 17.1. The fourth-order valence-electron chi connectivity index (χ4n) is 3.49. The van der Waals surface area contributed by atoms with Crippen LogP contribution >= 0.6 is 0 Å². The van der Waals surface area contributed by atoms with Gasteiger partial charge in [-0.25, -0.2) is 4.98 Å². The maximum Gasteiger partial charge on any atom is 0.294 e. The van der Waals surface area contributed by atoms with E-state index in [2.05, 4.69) is 4.98 Å². The average molecular weight is 416 g/mol. The minimum atomic E-state index is -0.496. The average Bonchev–Trinajstić information content (AvgIpc) is 3.32. The zero-order valence-corrected chi connectivity index (χ0v) is 17.1. The van der Waals surface area contributed by atoms with E-state index in [0.717, 1.165) is 22.1 Å². The third-order valence-corrected chi connectivity index (χ3v) is 5.08. The second-order valence-electron chi connectivity index (χ2n) is 7.14. The molecule has 31 heavy (non-hydrogen) atoms. The number of aromatic nitrogens is 2. The van der Waals surface area contributed by atoms with Crippen molar-refractivity contribution < 1.29 is 14.5 Å². The van der Waals surface area contributed by atoms with Crippen LogP contribution < -0.4 is 4.74 Å². The number of methoxy groups -OCH3 is 1. The largest absolute Gasteiger partial charge is 0.497 e. The fourth-order valence-corrected chi connectivity index (χ4v) is 3.49. The van der Waals surface area contributed by atoms with Crippen molar-refractivity contribution in [3.63, 3.8) is 0 Å². The highest BCUT2D eigenvalue weighted by Crippen LogP contribution is 2.26. The molecule has 0 aliphatic carbocycles. The molecular weight excluding hydrogens is 396 g/mol. The van der Waals surface area contributed by atoms with E-state index in [4.69, 9.17) is 4.74 Å². The molecule has 1 heterocycles. The van der Waals surface area contributed by atoms with Gasteiger partial charge in [0.25, 0.3) is 11.6 Å². The standard InChI is InChI=1S/C23H20N4O4/c1-25(14-16-3-4-18-12-20(31-2)7-5-17(18)11-16)23(28)19-6-8-21(22(13-19)27(29)30)26-10-9-24-15-26/h3-13,15H,14H2,1-2H3. The first-order valence-corrected chi connectivity index (χ1v) is 9.55. The van der Waals surface area contributed by atoms with Gasteiger partial charge in [0.2, 0.25) is 0 Å². The van der Waals surface area contributed by atoms with Crippen molar-refractivity contribution in [1.82, 2.24) is 14.5 Å². The Kier molecular flexibility index (Phi) is 5.36. The number of fused-ring (bicyclic) bond motifs is 1. The van der Waals surface area contributed by atoms with E-state index in [-0.39, 0.29) is 17.2 Å². The number of ether oxygens (including phenoxy) is 1. The van der Waals surface area contributed by atoms with Crippen LogP contribution in [-0.2, 0) is 6.54 Å². The van der Waals surface area contributed by atoms with Crippen LogP contribution in [0.1, 0.15) is 15.9 Å². The monoisotopic (exact) mass is 416 g/mol. The SMILES string of the molecule is COc1ccc2cc(CN(C)C(=O)c3ccc(-n4ccnc4)c([N+](=O)[O-])c3)ccc2c1. The summed E-state index contributed by atoms with van der Waals surface area (Å²) in [6.07, 6.45) is 4.63. The van der Waals surface area contributed by atoms with Crippen LogP contribution in [0, 0.1) is 10.1 Å². The van der Waals surface area contributed by atoms with Crippen molar-refractivity contribution in [3.05, 3.63) is 94.6 Å². The van der Waals surface area contributed by atoms with Crippen LogP contribution in [0.2, 0.25) is 0 Å². The molecule has 0 aliphatic rings. The Morgan fingerprint density at radius 2 is 1.90 bits per heavy atom. The molecule has 0 radical (unpaired) electrons. The Bertz CT molecular complexity index is 1270. The van der Waals surface area contributed by atoms with Crippen LogP contribution in [0.5, 0.6) is 5.75 Å². The molecule has 0 saturated heterocycles. The number of carbonyl (C=O) groups excluding carboxylic acids is 1. The van der Waals surface area contributed by atoms with Crippen LogP contribution in [0.15, 0.2) is 73.3 Å². The van der Waals surface area contributed by atoms with Crippen LogP contribution in [0.3, 0.4) is 0 Å². The summed E-state index contributed by atoms with van der Waals surface area (Å²) in [5, 5.41) is 13.6. The van der Waals surface area contributed by atoms with E-state index in [1.54, 1.807) is 42.0 Å². The van der Waals surface area contributed by atoms with Crippen LogP contribution in [0.25, 0.3) is 16.5 Å². The lowest BCUT2D eigenvalue weighted by atomic mass is 10.1. The lowest BCUT2D eigenvalue weighted by molar-refractivity contribution is -0.384. The molecule has 0 bridgehead atoms. The minimum Gasteiger partial charge on any atom is -0.497 e. The molecule has 1 amide bonds. The summed E-state index contributed by atoms with van der Waals surface area (Å²) in [5.74, 6) is 0.489. The van der Waals surface area contributed by atoms with E-state index >= 15 is 0 Å². The van der Waals surface area contributed by atoms with Gasteiger partial charge in [0, 0.05) is 37.6 Å². The van der Waals surface area contributed by atoms with Gasteiger partial charge in [-0.15, -0.1) is 0 Å². The van der Waals surface area contributed by atoms with Crippen molar-refractivity contribution >= 4 is 22.4 Å². The Morgan fingerprint density at radius 1 is 1.13 bits per heavy atom. The van der Waals surface area contributed by atoms with Gasteiger partial charge in [0.15, 0.2) is 0 Å². The number of nitro groups is 1. The Balaban J connectivity index is 1.57. The van der Waals surface area contributed by atoms with Crippen LogP contribution in [0.4, 0.5) is 5.69 Å². The lowest BCUT2D eigenvalue weighted by Gasteiger charge is -2.18. The number of hydrogen-bond donors (Lipinski definition) is 0. The summed E-state index contributed by atoms with van der Waals surface area (Å²) in [6, 6.07) is 16.2. The summed E-state index contributed by atoms with van der Waals surface area (Å²) in [5.41, 5.74) is 1.41. The molecule has 0 saturated carbocycles. The number of amides is 1. The van der Waals surface area contributed by atoms with Crippen molar-refractivity contribution in [2.45, 2.75) is 6.54 Å². The fraction of sp³-hybridized carbons (Fsp3) is 0.130. The molecule has 0 aliphatic heterocycles. The molecule has 156 valence electrons. The van der Waals surface area contributed by atoms with Gasteiger partial charge >= 0.3 is 0 Å². The van der Waals surface area contributed by atoms with Gasteiger partial charge in [0.05, 0.1) is 18.4 Å². The number of benzene rings is 3. The minimum absolute atomic E-state index is 0.156. The highest BCUT2D eigenvalue weighted by molar-refractivity contribution is 5.95. The summed E-state index contributed by atoms with van der Waals surface area (Å²) in [6.45, 7) is 0.373. The number of carbonyl (C=O) groups is 1. The molecule has 4 aromatic rings. The van der Waals surface area contributed by atoms with Gasteiger partial charge in [-0.3, -0.25) is 14.9 Å². The summed E-state index contributed by atoms with van der Waals surface area (Å²) < 4.78 is 6.79. The third kappa shape index (κ3) is 4.09. The van der Waals surface area contributed by atoms with E-state index in [1.807, 2.05) is 36.4 Å². The topological polar surface area (TPSA) is 90.5 Å². The molecule has 3 aromatic carbocycles. The third-order valence-electron chi connectivity index (χ3n) is 5.08. The predicted molar refractivity (Wildman–Crippen MR) is 117 cm³/mol. The van der Waals surface area contributed by atoms with Gasteiger partial charge in [-0.1, -0.05) is 18.2 Å². The van der Waals surface area contributed by atoms with E-state index in [0.29, 0.717) is 12.2 Å². The summed E-state index contributed by atoms with van der Waals surface area (Å²) in [4.78, 5) is 29.5. The van der Waals surface area contributed by atoms with Crippen molar-refractivity contribution in [1.29, 1.82) is 0 Å². The first kappa shape index (κ1) is 20.1. The van der Waals surface area contributed by atoms with Gasteiger partial charge in [-0.2, -0.15) is 0 Å².